The summed E-state index contributed by atoms with van der Waals surface area (Å²) in [5.74, 6) is 0.395. The van der Waals surface area contributed by atoms with Gasteiger partial charge in [-0.2, -0.15) is 5.26 Å². The number of benzene rings is 1. The molecular weight excluding hydrogens is 262 g/mol. The number of allylic oxidation sites excluding steroid dienone is 1. The first-order chi connectivity index (χ1) is 10.0. The molecule has 2 aliphatic rings. The van der Waals surface area contributed by atoms with Gasteiger partial charge in [0.15, 0.2) is 0 Å². The fraction of sp³-hybridized carbons (Fsp3) is 0.500. The fourth-order valence-electron chi connectivity index (χ4n) is 4.47. The van der Waals surface area contributed by atoms with Crippen LogP contribution in [-0.4, -0.2) is 25.4 Å². The summed E-state index contributed by atoms with van der Waals surface area (Å²) in [5, 5.41) is 19.7. The lowest BCUT2D eigenvalue weighted by Crippen LogP contribution is -2.66. The normalized spacial score (nSPS) is 32.2. The number of rotatable bonds is 3. The van der Waals surface area contributed by atoms with Crippen LogP contribution in [0.3, 0.4) is 0 Å². The molecule has 1 saturated carbocycles. The summed E-state index contributed by atoms with van der Waals surface area (Å²) in [7, 11) is 1.70. The van der Waals surface area contributed by atoms with E-state index in [9.17, 15) is 10.4 Å². The Hall–Kier alpha value is -1.63. The Morgan fingerprint density at radius 1 is 1.33 bits per heavy atom. The highest BCUT2D eigenvalue weighted by molar-refractivity contribution is 5.76. The average molecular weight is 283 g/mol. The van der Waals surface area contributed by atoms with E-state index in [2.05, 4.69) is 26.0 Å². The summed E-state index contributed by atoms with van der Waals surface area (Å²) in [6.45, 7) is 4.96. The van der Waals surface area contributed by atoms with Gasteiger partial charge in [-0.25, -0.2) is 0 Å². The molecule has 3 atom stereocenters. The molecule has 21 heavy (non-hydrogen) atoms. The van der Waals surface area contributed by atoms with Crippen LogP contribution in [0.1, 0.15) is 25.0 Å². The van der Waals surface area contributed by atoms with Crippen molar-refractivity contribution in [1.29, 1.82) is 5.26 Å². The van der Waals surface area contributed by atoms with Gasteiger partial charge in [-0.15, -0.1) is 0 Å². The van der Waals surface area contributed by atoms with Crippen molar-refractivity contribution < 1.29 is 9.84 Å². The second-order valence-electron chi connectivity index (χ2n) is 6.62. The zero-order chi connectivity index (χ0) is 15.3. The molecule has 1 fully saturated rings. The number of ether oxygens (including phenoxy) is 1. The van der Waals surface area contributed by atoms with Crippen LogP contribution < -0.4 is 0 Å². The maximum absolute atomic E-state index is 10.0. The predicted octanol–water partition coefficient (Wildman–Crippen LogP) is 2.76. The maximum atomic E-state index is 10.0. The van der Waals surface area contributed by atoms with E-state index < -0.39 is 5.41 Å². The Morgan fingerprint density at radius 2 is 2.05 bits per heavy atom. The van der Waals surface area contributed by atoms with E-state index in [0.717, 1.165) is 16.7 Å². The molecule has 3 rings (SSSR count). The lowest BCUT2D eigenvalue weighted by Gasteiger charge is -2.65. The first-order valence-corrected chi connectivity index (χ1v) is 7.36. The molecule has 2 aliphatic carbocycles. The molecular formula is C18H21NO2. The van der Waals surface area contributed by atoms with Crippen molar-refractivity contribution in [3.63, 3.8) is 0 Å². The van der Waals surface area contributed by atoms with Crippen molar-refractivity contribution >= 4 is 5.57 Å². The number of nitriles is 1. The SMILES string of the molecule is COC[C@@H]1[C@@H]2C=C(CO)c3ccccc3[C@]2(C#N)C1(C)C. The maximum Gasteiger partial charge on any atom is 0.0948 e. The molecule has 0 heterocycles. The molecule has 0 saturated heterocycles. The lowest BCUT2D eigenvalue weighted by atomic mass is 9.36. The summed E-state index contributed by atoms with van der Waals surface area (Å²) in [5.41, 5.74) is 2.32. The van der Waals surface area contributed by atoms with Crippen molar-refractivity contribution in [3.05, 3.63) is 41.5 Å². The van der Waals surface area contributed by atoms with Crippen LogP contribution in [-0.2, 0) is 10.2 Å². The van der Waals surface area contributed by atoms with Gasteiger partial charge in [0.1, 0.15) is 0 Å². The predicted molar refractivity (Wildman–Crippen MR) is 81.4 cm³/mol. The number of hydrogen-bond donors (Lipinski definition) is 1. The summed E-state index contributed by atoms with van der Waals surface area (Å²) in [6, 6.07) is 10.6. The second-order valence-corrected chi connectivity index (χ2v) is 6.62. The number of hydrogen-bond acceptors (Lipinski definition) is 3. The number of fused-ring (bicyclic) bond motifs is 3. The molecule has 0 bridgehead atoms. The minimum atomic E-state index is -0.522. The third kappa shape index (κ3) is 1.55. The monoisotopic (exact) mass is 283 g/mol. The zero-order valence-electron chi connectivity index (χ0n) is 12.8. The minimum absolute atomic E-state index is 0.00908. The van der Waals surface area contributed by atoms with Gasteiger partial charge in [0, 0.05) is 13.0 Å². The summed E-state index contributed by atoms with van der Waals surface area (Å²) in [6.07, 6.45) is 2.10. The molecule has 0 amide bonds. The molecule has 1 aromatic rings. The van der Waals surface area contributed by atoms with E-state index in [1.165, 1.54) is 0 Å². The van der Waals surface area contributed by atoms with E-state index in [1.54, 1.807) is 7.11 Å². The van der Waals surface area contributed by atoms with Gasteiger partial charge in [0.25, 0.3) is 0 Å². The van der Waals surface area contributed by atoms with Crippen LogP contribution in [0.15, 0.2) is 30.3 Å². The smallest absolute Gasteiger partial charge is 0.0948 e. The third-order valence-electron chi connectivity index (χ3n) is 5.65. The van der Waals surface area contributed by atoms with E-state index in [4.69, 9.17) is 4.74 Å². The molecule has 0 aromatic heterocycles. The van der Waals surface area contributed by atoms with Crippen LogP contribution in [0.25, 0.3) is 5.57 Å². The second kappa shape index (κ2) is 4.69. The standard InChI is InChI=1S/C18H21NO2/c1-17(2)16(10-21-3)15-8-12(9-20)13-6-4-5-7-14(13)18(15,17)11-19/h4-8,15-16,20H,9-10H2,1-3H3/t15-,16+,18-/m0/s1. The van der Waals surface area contributed by atoms with Crippen LogP contribution in [0, 0.1) is 28.6 Å². The number of methoxy groups -OCH3 is 1. The average Bonchev–Trinajstić information content (AvgIpc) is 2.50. The van der Waals surface area contributed by atoms with Crippen molar-refractivity contribution in [2.45, 2.75) is 19.3 Å². The molecule has 0 unspecified atom stereocenters. The molecule has 3 heteroatoms. The van der Waals surface area contributed by atoms with Gasteiger partial charge in [-0.05, 0) is 28.0 Å². The first-order valence-electron chi connectivity index (χ1n) is 7.36. The number of aliphatic hydroxyl groups is 1. The van der Waals surface area contributed by atoms with Gasteiger partial charge < -0.3 is 9.84 Å². The Labute approximate surface area is 125 Å². The molecule has 3 nitrogen and oxygen atoms in total. The van der Waals surface area contributed by atoms with Gasteiger partial charge in [0.2, 0.25) is 0 Å². The highest BCUT2D eigenvalue weighted by Crippen LogP contribution is 2.68. The third-order valence-corrected chi connectivity index (χ3v) is 5.65. The van der Waals surface area contributed by atoms with Crippen LogP contribution in [0.4, 0.5) is 0 Å². The number of nitrogens with zero attached hydrogens (tertiary/aromatic N) is 1. The van der Waals surface area contributed by atoms with Crippen molar-refractivity contribution in [1.82, 2.24) is 0 Å². The number of aliphatic hydroxyl groups excluding tert-OH is 1. The molecule has 0 radical (unpaired) electrons. The van der Waals surface area contributed by atoms with Crippen molar-refractivity contribution in [3.8, 4) is 6.07 Å². The highest BCUT2D eigenvalue weighted by atomic mass is 16.5. The molecule has 0 spiro atoms. The van der Waals surface area contributed by atoms with Crippen molar-refractivity contribution in [2.24, 2.45) is 17.3 Å². The topological polar surface area (TPSA) is 53.2 Å². The Kier molecular flexibility index (Phi) is 3.20. The summed E-state index contributed by atoms with van der Waals surface area (Å²) >= 11 is 0. The summed E-state index contributed by atoms with van der Waals surface area (Å²) in [4.78, 5) is 0. The van der Waals surface area contributed by atoms with Crippen LogP contribution in [0.2, 0.25) is 0 Å². The molecule has 110 valence electrons. The van der Waals surface area contributed by atoms with Crippen LogP contribution in [0.5, 0.6) is 0 Å². The van der Waals surface area contributed by atoms with Gasteiger partial charge in [0.05, 0.1) is 24.7 Å². The van der Waals surface area contributed by atoms with Gasteiger partial charge in [-0.1, -0.05) is 44.2 Å². The Balaban J connectivity index is 2.22. The van der Waals surface area contributed by atoms with Crippen LogP contribution >= 0.6 is 0 Å². The lowest BCUT2D eigenvalue weighted by molar-refractivity contribution is -0.105. The Morgan fingerprint density at radius 3 is 2.67 bits per heavy atom. The quantitative estimate of drug-likeness (QED) is 0.928. The fourth-order valence-corrected chi connectivity index (χ4v) is 4.47. The summed E-state index contributed by atoms with van der Waals surface area (Å²) < 4.78 is 5.38. The van der Waals surface area contributed by atoms with E-state index in [0.29, 0.717) is 6.61 Å². The van der Waals surface area contributed by atoms with E-state index in [1.807, 2.05) is 24.3 Å². The first kappa shape index (κ1) is 14.3. The van der Waals surface area contributed by atoms with Crippen molar-refractivity contribution in [2.75, 3.05) is 20.3 Å². The minimum Gasteiger partial charge on any atom is -0.392 e. The molecule has 1 aromatic carbocycles. The van der Waals surface area contributed by atoms with Gasteiger partial charge >= 0.3 is 0 Å². The largest absolute Gasteiger partial charge is 0.392 e. The highest BCUT2D eigenvalue weighted by Gasteiger charge is 2.69. The molecule has 0 aliphatic heterocycles. The molecule has 1 N–H and O–H groups in total. The zero-order valence-corrected chi connectivity index (χ0v) is 12.8. The van der Waals surface area contributed by atoms with E-state index >= 15 is 0 Å². The Bertz CT molecular complexity index is 641. The van der Waals surface area contributed by atoms with Gasteiger partial charge in [-0.3, -0.25) is 0 Å². The van der Waals surface area contributed by atoms with E-state index in [-0.39, 0.29) is 23.9 Å².